The number of anilines is 1. The van der Waals surface area contributed by atoms with Gasteiger partial charge in [0.2, 0.25) is 0 Å². The molecule has 0 aliphatic heterocycles. The number of nitrogens with one attached hydrogen (secondary N) is 1. The van der Waals surface area contributed by atoms with Gasteiger partial charge in [0.15, 0.2) is 0 Å². The molecule has 0 fully saturated rings. The number of amides is 1. The van der Waals surface area contributed by atoms with Crippen LogP contribution in [0.3, 0.4) is 0 Å². The Kier molecular flexibility index (Phi) is 4.47. The van der Waals surface area contributed by atoms with Crippen molar-refractivity contribution in [2.45, 2.75) is 0 Å². The number of rotatable bonds is 5. The second-order valence-electron chi connectivity index (χ2n) is 5.03. The molecule has 0 atom stereocenters. The van der Waals surface area contributed by atoms with E-state index in [1.165, 1.54) is 7.11 Å². The second-order valence-corrected chi connectivity index (χ2v) is 5.03. The minimum atomic E-state index is -0.276. The van der Waals surface area contributed by atoms with E-state index in [1.54, 1.807) is 42.4 Å². The summed E-state index contributed by atoms with van der Waals surface area (Å²) in [4.78, 5) is 12.5. The summed E-state index contributed by atoms with van der Waals surface area (Å²) < 4.78 is 12.1. The number of aromatic nitrogens is 2. The minimum Gasteiger partial charge on any atom is -0.497 e. The zero-order valence-electron chi connectivity index (χ0n) is 13.4. The lowest BCUT2D eigenvalue weighted by atomic mass is 10.1. The summed E-state index contributed by atoms with van der Waals surface area (Å²) in [6.07, 6.45) is 3.35. The van der Waals surface area contributed by atoms with E-state index in [1.807, 2.05) is 30.3 Å². The Balaban J connectivity index is 1.79. The van der Waals surface area contributed by atoms with Crippen LogP contribution in [0.4, 0.5) is 5.69 Å². The summed E-state index contributed by atoms with van der Waals surface area (Å²) in [7, 11) is 3.07. The van der Waals surface area contributed by atoms with Gasteiger partial charge in [-0.05, 0) is 24.3 Å². The van der Waals surface area contributed by atoms with Gasteiger partial charge < -0.3 is 14.8 Å². The highest BCUT2D eigenvalue weighted by Crippen LogP contribution is 2.25. The maximum atomic E-state index is 12.5. The van der Waals surface area contributed by atoms with Gasteiger partial charge in [-0.15, -0.1) is 0 Å². The van der Waals surface area contributed by atoms with E-state index in [0.717, 1.165) is 5.69 Å². The Morgan fingerprint density at radius 2 is 1.88 bits per heavy atom. The van der Waals surface area contributed by atoms with E-state index in [0.29, 0.717) is 22.7 Å². The van der Waals surface area contributed by atoms with Crippen molar-refractivity contribution in [3.63, 3.8) is 0 Å². The molecule has 3 aromatic rings. The number of carbonyl (C=O) groups excluding carboxylic acids is 1. The fourth-order valence-corrected chi connectivity index (χ4v) is 2.29. The minimum absolute atomic E-state index is 0.276. The molecule has 0 bridgehead atoms. The first-order valence-corrected chi connectivity index (χ1v) is 7.34. The molecule has 0 aliphatic rings. The number of benzene rings is 2. The van der Waals surface area contributed by atoms with Crippen LogP contribution in [0.25, 0.3) is 5.69 Å². The normalized spacial score (nSPS) is 10.2. The average Bonchev–Trinajstić information content (AvgIpc) is 3.10. The van der Waals surface area contributed by atoms with Crippen molar-refractivity contribution in [3.05, 3.63) is 66.5 Å². The SMILES string of the molecule is COc1ccc(C(=O)Nc2cnn(-c3ccccc3)c2)c(OC)c1. The van der Waals surface area contributed by atoms with Crippen LogP contribution in [0.2, 0.25) is 0 Å². The van der Waals surface area contributed by atoms with Crippen molar-refractivity contribution in [3.8, 4) is 17.2 Å². The van der Waals surface area contributed by atoms with Gasteiger partial charge in [0.25, 0.3) is 5.91 Å². The van der Waals surface area contributed by atoms with Crippen molar-refractivity contribution in [1.29, 1.82) is 0 Å². The topological polar surface area (TPSA) is 65.4 Å². The van der Waals surface area contributed by atoms with Gasteiger partial charge in [-0.2, -0.15) is 5.10 Å². The first kappa shape index (κ1) is 15.6. The van der Waals surface area contributed by atoms with Crippen LogP contribution in [-0.2, 0) is 0 Å². The third kappa shape index (κ3) is 3.22. The van der Waals surface area contributed by atoms with Gasteiger partial charge in [-0.3, -0.25) is 4.79 Å². The molecule has 24 heavy (non-hydrogen) atoms. The van der Waals surface area contributed by atoms with Crippen LogP contribution in [0.5, 0.6) is 11.5 Å². The lowest BCUT2D eigenvalue weighted by Gasteiger charge is -2.09. The largest absolute Gasteiger partial charge is 0.497 e. The number of hydrogen-bond donors (Lipinski definition) is 1. The Morgan fingerprint density at radius 1 is 1.08 bits per heavy atom. The van der Waals surface area contributed by atoms with Crippen LogP contribution >= 0.6 is 0 Å². The van der Waals surface area contributed by atoms with Crippen LogP contribution in [-0.4, -0.2) is 29.9 Å². The Morgan fingerprint density at radius 3 is 2.58 bits per heavy atom. The molecule has 6 heteroatoms. The van der Waals surface area contributed by atoms with Crippen molar-refractivity contribution in [1.82, 2.24) is 9.78 Å². The van der Waals surface area contributed by atoms with Crippen LogP contribution < -0.4 is 14.8 Å². The highest BCUT2D eigenvalue weighted by Gasteiger charge is 2.14. The van der Waals surface area contributed by atoms with Crippen molar-refractivity contribution >= 4 is 11.6 Å². The zero-order valence-corrected chi connectivity index (χ0v) is 13.4. The van der Waals surface area contributed by atoms with E-state index >= 15 is 0 Å². The molecule has 1 N–H and O–H groups in total. The number of carbonyl (C=O) groups is 1. The molecule has 0 spiro atoms. The van der Waals surface area contributed by atoms with Gasteiger partial charge in [-0.25, -0.2) is 4.68 Å². The molecule has 2 aromatic carbocycles. The zero-order chi connectivity index (χ0) is 16.9. The first-order valence-electron chi connectivity index (χ1n) is 7.34. The fourth-order valence-electron chi connectivity index (χ4n) is 2.29. The van der Waals surface area contributed by atoms with E-state index in [-0.39, 0.29) is 5.91 Å². The Labute approximate surface area is 139 Å². The van der Waals surface area contributed by atoms with E-state index in [4.69, 9.17) is 9.47 Å². The molecule has 0 saturated heterocycles. The number of nitrogens with zero attached hydrogens (tertiary/aromatic N) is 2. The standard InChI is InChI=1S/C18H17N3O3/c1-23-15-8-9-16(17(10-15)24-2)18(22)20-13-11-19-21(12-13)14-6-4-3-5-7-14/h3-12H,1-2H3,(H,20,22). The average molecular weight is 323 g/mol. The van der Waals surface area contributed by atoms with Crippen molar-refractivity contribution < 1.29 is 14.3 Å². The highest BCUT2D eigenvalue weighted by molar-refractivity contribution is 6.06. The van der Waals surface area contributed by atoms with Gasteiger partial charge in [0.05, 0.1) is 43.6 Å². The predicted octanol–water partition coefficient (Wildman–Crippen LogP) is 3.14. The summed E-state index contributed by atoms with van der Waals surface area (Å²) in [6, 6.07) is 14.7. The molecule has 0 saturated carbocycles. The van der Waals surface area contributed by atoms with Crippen molar-refractivity contribution in [2.24, 2.45) is 0 Å². The van der Waals surface area contributed by atoms with Crippen LogP contribution in [0, 0.1) is 0 Å². The molecule has 6 nitrogen and oxygen atoms in total. The molecule has 0 unspecified atom stereocenters. The molecular weight excluding hydrogens is 306 g/mol. The molecule has 1 heterocycles. The molecule has 1 amide bonds. The smallest absolute Gasteiger partial charge is 0.259 e. The highest BCUT2D eigenvalue weighted by atomic mass is 16.5. The van der Waals surface area contributed by atoms with Crippen molar-refractivity contribution in [2.75, 3.05) is 19.5 Å². The van der Waals surface area contributed by atoms with Gasteiger partial charge in [-0.1, -0.05) is 18.2 Å². The van der Waals surface area contributed by atoms with Crippen LogP contribution in [0.15, 0.2) is 60.9 Å². The number of para-hydroxylation sites is 1. The molecule has 3 rings (SSSR count). The number of hydrogen-bond acceptors (Lipinski definition) is 4. The molecule has 0 radical (unpaired) electrons. The second kappa shape index (κ2) is 6.87. The van der Waals surface area contributed by atoms with E-state index < -0.39 is 0 Å². The number of ether oxygens (including phenoxy) is 2. The summed E-state index contributed by atoms with van der Waals surface area (Å²) >= 11 is 0. The maximum absolute atomic E-state index is 12.5. The monoisotopic (exact) mass is 323 g/mol. The first-order chi connectivity index (χ1) is 11.7. The van der Waals surface area contributed by atoms with Gasteiger partial charge in [0.1, 0.15) is 11.5 Å². The third-order valence-corrected chi connectivity index (χ3v) is 3.51. The Bertz CT molecular complexity index is 844. The molecule has 0 aliphatic carbocycles. The molecular formula is C18H17N3O3. The Hall–Kier alpha value is -3.28. The summed E-state index contributed by atoms with van der Waals surface area (Å²) in [6.45, 7) is 0. The summed E-state index contributed by atoms with van der Waals surface area (Å²) in [5.74, 6) is 0.796. The molecule has 1 aromatic heterocycles. The van der Waals surface area contributed by atoms with Gasteiger partial charge >= 0.3 is 0 Å². The summed E-state index contributed by atoms with van der Waals surface area (Å²) in [5, 5.41) is 7.07. The lowest BCUT2D eigenvalue weighted by Crippen LogP contribution is -2.12. The quantitative estimate of drug-likeness (QED) is 0.783. The molecule has 122 valence electrons. The van der Waals surface area contributed by atoms with E-state index in [2.05, 4.69) is 10.4 Å². The predicted molar refractivity (Wildman–Crippen MR) is 91.1 cm³/mol. The number of methoxy groups -OCH3 is 2. The van der Waals surface area contributed by atoms with Crippen LogP contribution in [0.1, 0.15) is 10.4 Å². The van der Waals surface area contributed by atoms with Gasteiger partial charge in [0, 0.05) is 6.07 Å². The maximum Gasteiger partial charge on any atom is 0.259 e. The fraction of sp³-hybridized carbons (Fsp3) is 0.111. The lowest BCUT2D eigenvalue weighted by molar-refractivity contribution is 0.102. The van der Waals surface area contributed by atoms with E-state index in [9.17, 15) is 4.79 Å². The third-order valence-electron chi connectivity index (χ3n) is 3.51. The summed E-state index contributed by atoms with van der Waals surface area (Å²) in [5.41, 5.74) is 1.94.